The van der Waals surface area contributed by atoms with Crippen LogP contribution in [-0.4, -0.2) is 49.3 Å². The van der Waals surface area contributed by atoms with Gasteiger partial charge in [0, 0.05) is 24.2 Å². The molecule has 1 N–H and O–H groups in total. The summed E-state index contributed by atoms with van der Waals surface area (Å²) in [5, 5.41) is 13.8. The van der Waals surface area contributed by atoms with Gasteiger partial charge in [-0.3, -0.25) is 9.69 Å². The second-order valence-electron chi connectivity index (χ2n) is 10.5. The van der Waals surface area contributed by atoms with Gasteiger partial charge in [-0.1, -0.05) is 13.0 Å². The van der Waals surface area contributed by atoms with Gasteiger partial charge in [0.1, 0.15) is 11.8 Å². The Labute approximate surface area is 210 Å². The van der Waals surface area contributed by atoms with Gasteiger partial charge in [0.2, 0.25) is 0 Å². The highest BCUT2D eigenvalue weighted by molar-refractivity contribution is 5.80. The van der Waals surface area contributed by atoms with Crippen LogP contribution in [0.4, 0.5) is 0 Å². The molecule has 3 aromatic heterocycles. The molecular weight excluding hydrogens is 456 g/mol. The summed E-state index contributed by atoms with van der Waals surface area (Å²) in [5.74, 6) is 1.42. The number of hydrogen-bond acceptors (Lipinski definition) is 7. The lowest BCUT2D eigenvalue weighted by Gasteiger charge is -2.33. The zero-order chi connectivity index (χ0) is 25.3. The molecule has 1 fully saturated rings. The van der Waals surface area contributed by atoms with Gasteiger partial charge in [0.25, 0.3) is 5.56 Å². The van der Waals surface area contributed by atoms with Crippen LogP contribution in [0.25, 0.3) is 10.9 Å². The average molecular weight is 491 g/mol. The minimum absolute atomic E-state index is 0.0626. The van der Waals surface area contributed by atoms with Gasteiger partial charge >= 0.3 is 0 Å². The summed E-state index contributed by atoms with van der Waals surface area (Å²) < 4.78 is 13.6. The number of furan rings is 1. The van der Waals surface area contributed by atoms with E-state index in [9.17, 15) is 4.79 Å². The number of tetrazole rings is 1. The van der Waals surface area contributed by atoms with E-state index < -0.39 is 6.04 Å². The Balaban J connectivity index is 1.69. The molecule has 9 heteroatoms. The summed E-state index contributed by atoms with van der Waals surface area (Å²) in [7, 11) is 0. The standard InChI is InChI=1S/C27H34N6O3/c1-5-18-10-11-23-19(14-18)15-22(26(34)28-23)24(25-29-30-31-33(25)27(2,3)4)32(16-20-8-6-12-35-20)17-21-9-7-13-36-21/h6,8,10-12,14-15,21,24H,5,7,9,13,16-17H2,1-4H3,(H,28,34). The first-order chi connectivity index (χ1) is 17.3. The third-order valence-corrected chi connectivity index (χ3v) is 6.78. The van der Waals surface area contributed by atoms with Crippen LogP contribution in [0.15, 0.2) is 51.9 Å². The number of benzene rings is 1. The zero-order valence-corrected chi connectivity index (χ0v) is 21.4. The van der Waals surface area contributed by atoms with Crippen LogP contribution in [-0.2, 0) is 23.2 Å². The fraction of sp³-hybridized carbons (Fsp3) is 0.481. The van der Waals surface area contributed by atoms with Crippen LogP contribution in [0, 0.1) is 0 Å². The third-order valence-electron chi connectivity index (χ3n) is 6.78. The van der Waals surface area contributed by atoms with E-state index in [1.165, 1.54) is 5.56 Å². The van der Waals surface area contributed by atoms with Crippen LogP contribution >= 0.6 is 0 Å². The molecule has 36 heavy (non-hydrogen) atoms. The van der Waals surface area contributed by atoms with Gasteiger partial charge in [-0.2, -0.15) is 0 Å². The van der Waals surface area contributed by atoms with Crippen molar-refractivity contribution in [3.8, 4) is 0 Å². The summed E-state index contributed by atoms with van der Waals surface area (Å²) in [4.78, 5) is 18.9. The lowest BCUT2D eigenvalue weighted by Crippen LogP contribution is -2.40. The van der Waals surface area contributed by atoms with E-state index in [0.717, 1.165) is 42.5 Å². The molecule has 0 saturated carbocycles. The maximum absolute atomic E-state index is 13.6. The van der Waals surface area contributed by atoms with Crippen molar-refractivity contribution >= 4 is 10.9 Å². The number of aromatic nitrogens is 5. The number of H-pyrrole nitrogens is 1. The predicted octanol–water partition coefficient (Wildman–Crippen LogP) is 4.20. The molecule has 1 aliphatic rings. The molecular formula is C27H34N6O3. The summed E-state index contributed by atoms with van der Waals surface area (Å²) >= 11 is 0. The monoisotopic (exact) mass is 490 g/mol. The first kappa shape index (κ1) is 24.4. The van der Waals surface area contributed by atoms with Gasteiger partial charge in [-0.05, 0) is 91.7 Å². The number of aryl methyl sites for hydroxylation is 1. The molecule has 2 unspecified atom stereocenters. The van der Waals surface area contributed by atoms with Crippen LogP contribution in [0.1, 0.15) is 69.3 Å². The highest BCUT2D eigenvalue weighted by atomic mass is 16.5. The SMILES string of the molecule is CCc1ccc2[nH]c(=O)c(C(c3nnnn3C(C)(C)C)N(Cc3ccco3)CC3CCCO3)cc2c1. The molecule has 0 bridgehead atoms. The number of pyridine rings is 1. The van der Waals surface area contributed by atoms with E-state index in [0.29, 0.717) is 24.5 Å². The number of rotatable bonds is 8. The predicted molar refractivity (Wildman–Crippen MR) is 137 cm³/mol. The van der Waals surface area contributed by atoms with Crippen molar-refractivity contribution in [2.24, 2.45) is 0 Å². The Kier molecular flexibility index (Phi) is 6.77. The molecule has 0 radical (unpaired) electrons. The lowest BCUT2D eigenvalue weighted by atomic mass is 10.00. The van der Waals surface area contributed by atoms with Crippen LogP contribution in [0.3, 0.4) is 0 Å². The molecule has 4 aromatic rings. The summed E-state index contributed by atoms with van der Waals surface area (Å²) in [5.41, 5.74) is 2.09. The number of nitrogens with one attached hydrogen (secondary N) is 1. The summed E-state index contributed by atoms with van der Waals surface area (Å²) in [6, 6.07) is 11.5. The van der Waals surface area contributed by atoms with Gasteiger partial charge in [0.15, 0.2) is 5.82 Å². The topological polar surface area (TPSA) is 102 Å². The van der Waals surface area contributed by atoms with E-state index in [1.807, 2.05) is 28.9 Å². The van der Waals surface area contributed by atoms with Crippen molar-refractivity contribution in [3.63, 3.8) is 0 Å². The molecule has 5 rings (SSSR count). The van der Waals surface area contributed by atoms with Crippen molar-refractivity contribution in [2.45, 2.75) is 71.2 Å². The van der Waals surface area contributed by atoms with Crippen molar-refractivity contribution in [3.05, 3.63) is 75.7 Å². The second-order valence-corrected chi connectivity index (χ2v) is 10.5. The fourth-order valence-electron chi connectivity index (χ4n) is 4.95. The number of hydrogen-bond donors (Lipinski definition) is 1. The van der Waals surface area contributed by atoms with Crippen LogP contribution in [0.2, 0.25) is 0 Å². The average Bonchev–Trinajstić information content (AvgIpc) is 3.62. The molecule has 1 aliphatic heterocycles. The smallest absolute Gasteiger partial charge is 0.253 e. The Morgan fingerprint density at radius 1 is 1.25 bits per heavy atom. The van der Waals surface area contributed by atoms with E-state index in [2.05, 4.69) is 65.2 Å². The molecule has 0 amide bonds. The lowest BCUT2D eigenvalue weighted by molar-refractivity contribution is 0.0536. The van der Waals surface area contributed by atoms with E-state index >= 15 is 0 Å². The van der Waals surface area contributed by atoms with Crippen molar-refractivity contribution in [2.75, 3.05) is 13.2 Å². The Morgan fingerprint density at radius 3 is 2.81 bits per heavy atom. The molecule has 9 nitrogen and oxygen atoms in total. The molecule has 1 aromatic carbocycles. The van der Waals surface area contributed by atoms with Crippen molar-refractivity contribution in [1.29, 1.82) is 0 Å². The Bertz CT molecular complexity index is 1360. The number of nitrogens with zero attached hydrogens (tertiary/aromatic N) is 5. The highest BCUT2D eigenvalue weighted by Gasteiger charge is 2.35. The normalized spacial score (nSPS) is 17.3. The number of ether oxygens (including phenoxy) is 1. The largest absolute Gasteiger partial charge is 0.468 e. The van der Waals surface area contributed by atoms with Crippen molar-refractivity contribution < 1.29 is 9.15 Å². The van der Waals surface area contributed by atoms with Gasteiger partial charge in [0.05, 0.1) is 24.5 Å². The van der Waals surface area contributed by atoms with E-state index in [-0.39, 0.29) is 17.2 Å². The summed E-state index contributed by atoms with van der Waals surface area (Å²) in [6.07, 6.45) is 4.65. The molecule has 0 spiro atoms. The minimum atomic E-state index is -0.507. The Morgan fingerprint density at radius 2 is 2.11 bits per heavy atom. The van der Waals surface area contributed by atoms with Crippen LogP contribution < -0.4 is 5.56 Å². The highest BCUT2D eigenvalue weighted by Crippen LogP contribution is 2.32. The molecule has 0 aliphatic carbocycles. The first-order valence-corrected chi connectivity index (χ1v) is 12.7. The molecule has 190 valence electrons. The van der Waals surface area contributed by atoms with E-state index in [1.54, 1.807) is 6.26 Å². The fourth-order valence-corrected chi connectivity index (χ4v) is 4.95. The number of aromatic amines is 1. The summed E-state index contributed by atoms with van der Waals surface area (Å²) in [6.45, 7) is 10.1. The minimum Gasteiger partial charge on any atom is -0.468 e. The molecule has 2 atom stereocenters. The maximum atomic E-state index is 13.6. The number of fused-ring (bicyclic) bond motifs is 1. The first-order valence-electron chi connectivity index (χ1n) is 12.7. The maximum Gasteiger partial charge on any atom is 0.253 e. The molecule has 4 heterocycles. The van der Waals surface area contributed by atoms with Gasteiger partial charge < -0.3 is 14.1 Å². The van der Waals surface area contributed by atoms with Gasteiger partial charge in [-0.25, -0.2) is 4.68 Å². The second kappa shape index (κ2) is 9.99. The van der Waals surface area contributed by atoms with Gasteiger partial charge in [-0.15, -0.1) is 5.10 Å². The Hall–Kier alpha value is -3.30. The molecule has 1 saturated heterocycles. The van der Waals surface area contributed by atoms with E-state index in [4.69, 9.17) is 9.15 Å². The zero-order valence-electron chi connectivity index (χ0n) is 21.4. The van der Waals surface area contributed by atoms with Crippen molar-refractivity contribution in [1.82, 2.24) is 30.1 Å². The third kappa shape index (κ3) is 4.99. The van der Waals surface area contributed by atoms with Crippen LogP contribution in [0.5, 0.6) is 0 Å². The quantitative estimate of drug-likeness (QED) is 0.395.